The van der Waals surface area contributed by atoms with Crippen LogP contribution in [0.4, 0.5) is 0 Å². The number of rotatable bonds is 13. The summed E-state index contributed by atoms with van der Waals surface area (Å²) in [6.45, 7) is 1.06. The average molecular weight is 385 g/mol. The summed E-state index contributed by atoms with van der Waals surface area (Å²) in [4.78, 5) is 47.6. The van der Waals surface area contributed by atoms with Crippen molar-refractivity contribution in [3.63, 3.8) is 0 Å². The van der Waals surface area contributed by atoms with Crippen molar-refractivity contribution in [2.45, 2.75) is 63.6 Å². The average Bonchev–Trinajstić information content (AvgIpc) is 3.41. The van der Waals surface area contributed by atoms with E-state index >= 15 is 0 Å². The van der Waals surface area contributed by atoms with Gasteiger partial charge in [-0.1, -0.05) is 12.8 Å². The highest BCUT2D eigenvalue weighted by molar-refractivity contribution is 5.93. The molecular formula is C17H31N5O5. The molecule has 0 saturated heterocycles. The Labute approximate surface area is 158 Å². The Balaban J connectivity index is 2.74. The third-order valence-electron chi connectivity index (χ3n) is 4.38. The molecule has 0 bridgehead atoms. The first kappa shape index (κ1) is 22.8. The molecule has 27 heavy (non-hydrogen) atoms. The number of hydrogen-bond acceptors (Lipinski definition) is 6. The van der Waals surface area contributed by atoms with E-state index in [0.717, 1.165) is 12.8 Å². The first-order chi connectivity index (χ1) is 12.8. The van der Waals surface area contributed by atoms with E-state index < -0.39 is 48.4 Å². The van der Waals surface area contributed by atoms with Crippen molar-refractivity contribution in [3.05, 3.63) is 0 Å². The third-order valence-corrected chi connectivity index (χ3v) is 4.38. The van der Waals surface area contributed by atoms with Crippen LogP contribution in [0, 0.1) is 5.92 Å². The smallest absolute Gasteiger partial charge is 0.245 e. The number of carbonyl (C=O) groups excluding carboxylic acids is 4. The number of nitrogens with one attached hydrogen (secondary N) is 3. The number of unbranched alkanes of at least 4 members (excludes halogenated alkanes) is 1. The zero-order valence-electron chi connectivity index (χ0n) is 15.7. The van der Waals surface area contributed by atoms with Crippen LogP contribution < -0.4 is 27.4 Å². The van der Waals surface area contributed by atoms with Gasteiger partial charge in [0.25, 0.3) is 0 Å². The molecular weight excluding hydrogens is 354 g/mol. The minimum atomic E-state index is -1.16. The molecule has 0 aromatic carbocycles. The fourth-order valence-corrected chi connectivity index (χ4v) is 2.68. The summed E-state index contributed by atoms with van der Waals surface area (Å²) >= 11 is 0. The fraction of sp³-hybridized carbons (Fsp3) is 0.765. The second-order valence-electron chi connectivity index (χ2n) is 6.92. The summed E-state index contributed by atoms with van der Waals surface area (Å²) in [6.07, 6.45) is 4.05. The van der Waals surface area contributed by atoms with E-state index in [1.54, 1.807) is 0 Å². The Morgan fingerprint density at radius 1 is 1.00 bits per heavy atom. The van der Waals surface area contributed by atoms with Crippen LogP contribution >= 0.6 is 0 Å². The van der Waals surface area contributed by atoms with Gasteiger partial charge in [0.15, 0.2) is 0 Å². The molecule has 0 unspecified atom stereocenters. The molecule has 10 heteroatoms. The van der Waals surface area contributed by atoms with Gasteiger partial charge < -0.3 is 32.5 Å². The van der Waals surface area contributed by atoms with E-state index in [0.29, 0.717) is 38.1 Å². The molecule has 1 aliphatic rings. The van der Waals surface area contributed by atoms with Gasteiger partial charge in [-0.15, -0.1) is 0 Å². The molecule has 8 N–H and O–H groups in total. The van der Waals surface area contributed by atoms with E-state index in [9.17, 15) is 24.3 Å². The maximum atomic E-state index is 12.6. The zero-order chi connectivity index (χ0) is 20.4. The van der Waals surface area contributed by atoms with Crippen LogP contribution in [0.2, 0.25) is 0 Å². The van der Waals surface area contributed by atoms with Gasteiger partial charge in [0.2, 0.25) is 23.6 Å². The number of hydrogen-bond donors (Lipinski definition) is 6. The SMILES string of the molecule is CC(=O)N[C@H](CO)C(=O)N[C@H](CCCCN)C(=O)N[C@H](CC1CC1)C(N)=O. The maximum absolute atomic E-state index is 12.6. The van der Waals surface area contributed by atoms with Gasteiger partial charge in [0.05, 0.1) is 6.61 Å². The first-order valence-electron chi connectivity index (χ1n) is 9.26. The molecule has 0 heterocycles. The maximum Gasteiger partial charge on any atom is 0.245 e. The number of aliphatic hydroxyl groups is 1. The second kappa shape index (κ2) is 11.5. The lowest BCUT2D eigenvalue weighted by Crippen LogP contribution is -2.57. The van der Waals surface area contributed by atoms with Crippen molar-refractivity contribution in [1.29, 1.82) is 0 Å². The van der Waals surface area contributed by atoms with Gasteiger partial charge in [0, 0.05) is 6.92 Å². The topological polar surface area (TPSA) is 177 Å². The third kappa shape index (κ3) is 8.83. The molecule has 3 atom stereocenters. The van der Waals surface area contributed by atoms with Crippen LogP contribution in [0.3, 0.4) is 0 Å². The van der Waals surface area contributed by atoms with E-state index in [-0.39, 0.29) is 0 Å². The van der Waals surface area contributed by atoms with Crippen LogP contribution in [-0.4, -0.2) is 60.0 Å². The Bertz CT molecular complexity index is 538. The number of carbonyl (C=O) groups is 4. The van der Waals surface area contributed by atoms with Crippen LogP contribution in [0.5, 0.6) is 0 Å². The van der Waals surface area contributed by atoms with Crippen LogP contribution in [-0.2, 0) is 19.2 Å². The number of amides is 4. The molecule has 0 radical (unpaired) electrons. The highest BCUT2D eigenvalue weighted by Gasteiger charge is 2.32. The van der Waals surface area contributed by atoms with Crippen molar-refractivity contribution in [2.75, 3.05) is 13.2 Å². The quantitative estimate of drug-likeness (QED) is 0.197. The van der Waals surface area contributed by atoms with Gasteiger partial charge in [-0.3, -0.25) is 19.2 Å². The van der Waals surface area contributed by atoms with Crippen LogP contribution in [0.25, 0.3) is 0 Å². The van der Waals surface area contributed by atoms with E-state index in [2.05, 4.69) is 16.0 Å². The van der Waals surface area contributed by atoms with Crippen molar-refractivity contribution in [1.82, 2.24) is 16.0 Å². The fourth-order valence-electron chi connectivity index (χ4n) is 2.68. The molecule has 1 saturated carbocycles. The molecule has 10 nitrogen and oxygen atoms in total. The van der Waals surface area contributed by atoms with Crippen molar-refractivity contribution in [3.8, 4) is 0 Å². The standard InChI is InChI=1S/C17H31N5O5/c1-10(24)20-14(9-23)17(27)21-12(4-2-3-7-18)16(26)22-13(15(19)25)8-11-5-6-11/h11-14,23H,2-9,18H2,1H3,(H2,19,25)(H,20,24)(H,21,27)(H,22,26)/t12-,13-,14-/m1/s1. The van der Waals surface area contributed by atoms with Crippen LogP contribution in [0.1, 0.15) is 45.4 Å². The highest BCUT2D eigenvalue weighted by atomic mass is 16.3. The first-order valence-corrected chi connectivity index (χ1v) is 9.26. The molecule has 154 valence electrons. The zero-order valence-corrected chi connectivity index (χ0v) is 15.7. The lowest BCUT2D eigenvalue weighted by atomic mass is 10.1. The summed E-state index contributed by atoms with van der Waals surface area (Å²) in [5, 5.41) is 16.7. The molecule has 0 aromatic rings. The van der Waals surface area contributed by atoms with E-state index in [1.165, 1.54) is 6.92 Å². The Morgan fingerprint density at radius 2 is 1.59 bits per heavy atom. The second-order valence-corrected chi connectivity index (χ2v) is 6.92. The number of primary amides is 1. The predicted octanol–water partition coefficient (Wildman–Crippen LogP) is -2.13. The monoisotopic (exact) mass is 385 g/mol. The summed E-state index contributed by atoms with van der Waals surface area (Å²) in [5.41, 5.74) is 10.8. The molecule has 1 rings (SSSR count). The molecule has 1 fully saturated rings. The minimum Gasteiger partial charge on any atom is -0.394 e. The predicted molar refractivity (Wildman–Crippen MR) is 98.0 cm³/mol. The molecule has 4 amide bonds. The lowest BCUT2D eigenvalue weighted by Gasteiger charge is -2.24. The van der Waals surface area contributed by atoms with Crippen molar-refractivity contribution >= 4 is 23.6 Å². The number of nitrogens with two attached hydrogens (primary N) is 2. The highest BCUT2D eigenvalue weighted by Crippen LogP contribution is 2.33. The normalized spacial score (nSPS) is 16.7. The van der Waals surface area contributed by atoms with Gasteiger partial charge in [-0.25, -0.2) is 0 Å². The largest absolute Gasteiger partial charge is 0.394 e. The molecule has 0 aromatic heterocycles. The van der Waals surface area contributed by atoms with Gasteiger partial charge in [-0.2, -0.15) is 0 Å². The molecule has 0 aliphatic heterocycles. The van der Waals surface area contributed by atoms with Crippen molar-refractivity contribution in [2.24, 2.45) is 17.4 Å². The van der Waals surface area contributed by atoms with Crippen molar-refractivity contribution < 1.29 is 24.3 Å². The van der Waals surface area contributed by atoms with E-state index in [4.69, 9.17) is 11.5 Å². The lowest BCUT2D eigenvalue weighted by molar-refractivity contribution is -0.133. The van der Waals surface area contributed by atoms with Gasteiger partial charge >= 0.3 is 0 Å². The van der Waals surface area contributed by atoms with Crippen LogP contribution in [0.15, 0.2) is 0 Å². The van der Waals surface area contributed by atoms with Gasteiger partial charge in [-0.05, 0) is 38.1 Å². The Morgan fingerprint density at radius 3 is 2.07 bits per heavy atom. The van der Waals surface area contributed by atoms with E-state index in [1.807, 2.05) is 0 Å². The summed E-state index contributed by atoms with van der Waals surface area (Å²) < 4.78 is 0. The summed E-state index contributed by atoms with van der Waals surface area (Å²) in [7, 11) is 0. The Kier molecular flexibility index (Phi) is 9.73. The summed E-state index contributed by atoms with van der Waals surface area (Å²) in [5.74, 6) is -1.92. The number of aliphatic hydroxyl groups excluding tert-OH is 1. The van der Waals surface area contributed by atoms with Gasteiger partial charge in [0.1, 0.15) is 18.1 Å². The summed E-state index contributed by atoms with van der Waals surface area (Å²) in [6, 6.07) is -2.87. The minimum absolute atomic E-state index is 0.307. The molecule has 0 spiro atoms. The molecule has 1 aliphatic carbocycles. The Hall–Kier alpha value is -2.20.